The summed E-state index contributed by atoms with van der Waals surface area (Å²) in [6, 6.07) is 9.05. The zero-order valence-corrected chi connectivity index (χ0v) is 11.7. The average Bonchev–Trinajstić information content (AvgIpc) is 2.47. The van der Waals surface area contributed by atoms with Crippen LogP contribution in [0.1, 0.15) is 12.8 Å². The van der Waals surface area contributed by atoms with E-state index in [2.05, 4.69) is 10.3 Å². The van der Waals surface area contributed by atoms with Crippen LogP contribution in [-0.4, -0.2) is 40.6 Å². The Hall–Kier alpha value is -2.63. The van der Waals surface area contributed by atoms with E-state index in [9.17, 15) is 9.59 Å². The predicted octanol–water partition coefficient (Wildman–Crippen LogP) is 2.56. The van der Waals surface area contributed by atoms with Gasteiger partial charge >= 0.3 is 12.0 Å². The number of anilines is 1. The van der Waals surface area contributed by atoms with Gasteiger partial charge in [0, 0.05) is 31.6 Å². The molecule has 2 aromatic rings. The van der Waals surface area contributed by atoms with Crippen molar-refractivity contribution in [2.45, 2.75) is 12.8 Å². The first kappa shape index (κ1) is 14.8. The van der Waals surface area contributed by atoms with Crippen LogP contribution in [0.5, 0.6) is 0 Å². The summed E-state index contributed by atoms with van der Waals surface area (Å²) < 4.78 is 0. The number of carbonyl (C=O) groups excluding carboxylic acids is 1. The number of aromatic nitrogens is 1. The highest BCUT2D eigenvalue weighted by atomic mass is 16.4. The van der Waals surface area contributed by atoms with Crippen LogP contribution in [0.4, 0.5) is 10.5 Å². The molecule has 0 aliphatic rings. The molecule has 0 bridgehead atoms. The SMILES string of the molecule is CN(CCCC(=O)O)C(=O)Nc1cccc2cccnc12. The highest BCUT2D eigenvalue weighted by Gasteiger charge is 2.11. The number of urea groups is 1. The molecule has 6 heteroatoms. The number of carbonyl (C=O) groups is 2. The number of aliphatic carboxylic acids is 1. The first-order valence-electron chi connectivity index (χ1n) is 6.65. The monoisotopic (exact) mass is 287 g/mol. The van der Waals surface area contributed by atoms with E-state index in [0.29, 0.717) is 18.7 Å². The summed E-state index contributed by atoms with van der Waals surface area (Å²) in [6.45, 7) is 0.385. The number of para-hydroxylation sites is 1. The van der Waals surface area contributed by atoms with Crippen molar-refractivity contribution in [2.24, 2.45) is 0 Å². The third-order valence-electron chi connectivity index (χ3n) is 3.11. The average molecular weight is 287 g/mol. The number of nitrogens with zero attached hydrogens (tertiary/aromatic N) is 2. The van der Waals surface area contributed by atoms with Gasteiger partial charge in [0.05, 0.1) is 11.2 Å². The van der Waals surface area contributed by atoms with Gasteiger partial charge in [0.1, 0.15) is 0 Å². The lowest BCUT2D eigenvalue weighted by Crippen LogP contribution is -2.32. The Bertz CT molecular complexity index is 652. The number of fused-ring (bicyclic) bond motifs is 1. The fraction of sp³-hybridized carbons (Fsp3) is 0.267. The van der Waals surface area contributed by atoms with E-state index >= 15 is 0 Å². The number of nitrogens with one attached hydrogen (secondary N) is 1. The minimum atomic E-state index is -0.859. The fourth-order valence-corrected chi connectivity index (χ4v) is 1.98. The van der Waals surface area contributed by atoms with Crippen LogP contribution in [0.3, 0.4) is 0 Å². The number of benzene rings is 1. The van der Waals surface area contributed by atoms with Gasteiger partial charge in [0.25, 0.3) is 0 Å². The molecular formula is C15H17N3O3. The number of amides is 2. The Labute approximate surface area is 122 Å². The molecule has 2 N–H and O–H groups in total. The van der Waals surface area contributed by atoms with Gasteiger partial charge in [-0.3, -0.25) is 9.78 Å². The maximum atomic E-state index is 12.1. The Kier molecular flexibility index (Phi) is 4.71. The Balaban J connectivity index is 2.02. The maximum Gasteiger partial charge on any atom is 0.321 e. The molecule has 0 aliphatic carbocycles. The van der Waals surface area contributed by atoms with Gasteiger partial charge in [-0.15, -0.1) is 0 Å². The molecule has 0 saturated heterocycles. The summed E-state index contributed by atoms with van der Waals surface area (Å²) in [5.41, 5.74) is 1.37. The van der Waals surface area contributed by atoms with E-state index in [1.54, 1.807) is 19.3 Å². The molecule has 1 aromatic heterocycles. The summed E-state index contributed by atoms with van der Waals surface area (Å²) in [4.78, 5) is 28.3. The van der Waals surface area contributed by atoms with Crippen molar-refractivity contribution in [1.82, 2.24) is 9.88 Å². The lowest BCUT2D eigenvalue weighted by molar-refractivity contribution is -0.137. The van der Waals surface area contributed by atoms with E-state index in [-0.39, 0.29) is 12.5 Å². The topological polar surface area (TPSA) is 82.5 Å². The van der Waals surface area contributed by atoms with Crippen molar-refractivity contribution in [3.05, 3.63) is 36.5 Å². The van der Waals surface area contributed by atoms with E-state index in [1.807, 2.05) is 24.3 Å². The quantitative estimate of drug-likeness (QED) is 0.885. The van der Waals surface area contributed by atoms with Gasteiger partial charge in [0.2, 0.25) is 0 Å². The summed E-state index contributed by atoms with van der Waals surface area (Å²) in [6.07, 6.45) is 2.15. The third kappa shape index (κ3) is 3.92. The van der Waals surface area contributed by atoms with Gasteiger partial charge in [0.15, 0.2) is 0 Å². The molecule has 0 radical (unpaired) electrons. The summed E-state index contributed by atoms with van der Waals surface area (Å²) in [5, 5.41) is 12.3. The number of rotatable bonds is 5. The standard InChI is InChI=1S/C15H17N3O3/c1-18(10-4-8-13(19)20)15(21)17-12-7-2-5-11-6-3-9-16-14(11)12/h2-3,5-7,9H,4,8,10H2,1H3,(H,17,21)(H,19,20). The molecule has 1 aromatic carbocycles. The van der Waals surface area contributed by atoms with Gasteiger partial charge in [-0.2, -0.15) is 0 Å². The second-order valence-corrected chi connectivity index (χ2v) is 4.73. The van der Waals surface area contributed by atoms with Gasteiger partial charge < -0.3 is 15.3 Å². The predicted molar refractivity (Wildman–Crippen MR) is 80.3 cm³/mol. The van der Waals surface area contributed by atoms with Crippen LogP contribution in [-0.2, 0) is 4.79 Å². The Morgan fingerprint density at radius 2 is 2.05 bits per heavy atom. The lowest BCUT2D eigenvalue weighted by atomic mass is 10.2. The number of carboxylic acids is 1. The lowest BCUT2D eigenvalue weighted by Gasteiger charge is -2.18. The summed E-state index contributed by atoms with van der Waals surface area (Å²) >= 11 is 0. The minimum absolute atomic E-state index is 0.0491. The molecular weight excluding hydrogens is 270 g/mol. The van der Waals surface area contributed by atoms with E-state index in [1.165, 1.54) is 4.90 Å². The van der Waals surface area contributed by atoms with Gasteiger partial charge in [-0.05, 0) is 18.6 Å². The van der Waals surface area contributed by atoms with Crippen molar-refractivity contribution in [3.63, 3.8) is 0 Å². The van der Waals surface area contributed by atoms with Crippen molar-refractivity contribution in [1.29, 1.82) is 0 Å². The first-order chi connectivity index (χ1) is 10.1. The van der Waals surface area contributed by atoms with Gasteiger partial charge in [-0.25, -0.2) is 4.79 Å². The molecule has 110 valence electrons. The van der Waals surface area contributed by atoms with E-state index in [4.69, 9.17) is 5.11 Å². The second-order valence-electron chi connectivity index (χ2n) is 4.73. The second kappa shape index (κ2) is 6.69. The molecule has 21 heavy (non-hydrogen) atoms. The summed E-state index contributed by atoms with van der Waals surface area (Å²) in [5.74, 6) is -0.859. The van der Waals surface area contributed by atoms with Crippen LogP contribution in [0.25, 0.3) is 10.9 Å². The minimum Gasteiger partial charge on any atom is -0.481 e. The molecule has 0 atom stereocenters. The molecule has 0 fully saturated rings. The number of hydrogen-bond donors (Lipinski definition) is 2. The Morgan fingerprint density at radius 1 is 1.29 bits per heavy atom. The molecule has 2 amide bonds. The fourth-order valence-electron chi connectivity index (χ4n) is 1.98. The molecule has 0 unspecified atom stereocenters. The molecule has 1 heterocycles. The maximum absolute atomic E-state index is 12.1. The normalized spacial score (nSPS) is 10.3. The van der Waals surface area contributed by atoms with Crippen molar-refractivity contribution >= 4 is 28.6 Å². The van der Waals surface area contributed by atoms with Crippen LogP contribution >= 0.6 is 0 Å². The van der Waals surface area contributed by atoms with Crippen LogP contribution in [0.15, 0.2) is 36.5 Å². The van der Waals surface area contributed by atoms with Gasteiger partial charge in [-0.1, -0.05) is 18.2 Å². The number of hydrogen-bond acceptors (Lipinski definition) is 3. The highest BCUT2D eigenvalue weighted by molar-refractivity contribution is 5.99. The molecule has 0 spiro atoms. The molecule has 0 aliphatic heterocycles. The largest absolute Gasteiger partial charge is 0.481 e. The smallest absolute Gasteiger partial charge is 0.321 e. The molecule has 6 nitrogen and oxygen atoms in total. The summed E-state index contributed by atoms with van der Waals surface area (Å²) in [7, 11) is 1.63. The van der Waals surface area contributed by atoms with E-state index in [0.717, 1.165) is 10.9 Å². The molecule has 2 rings (SSSR count). The Morgan fingerprint density at radius 3 is 2.81 bits per heavy atom. The zero-order chi connectivity index (χ0) is 15.2. The van der Waals surface area contributed by atoms with Crippen LogP contribution in [0.2, 0.25) is 0 Å². The van der Waals surface area contributed by atoms with Crippen molar-refractivity contribution in [2.75, 3.05) is 18.9 Å². The van der Waals surface area contributed by atoms with Crippen molar-refractivity contribution < 1.29 is 14.7 Å². The van der Waals surface area contributed by atoms with Crippen LogP contribution < -0.4 is 5.32 Å². The third-order valence-corrected chi connectivity index (χ3v) is 3.11. The zero-order valence-electron chi connectivity index (χ0n) is 11.7. The van der Waals surface area contributed by atoms with Crippen molar-refractivity contribution in [3.8, 4) is 0 Å². The molecule has 0 saturated carbocycles. The van der Waals surface area contributed by atoms with Crippen LogP contribution in [0, 0.1) is 0 Å². The number of pyridine rings is 1. The highest BCUT2D eigenvalue weighted by Crippen LogP contribution is 2.20. The van der Waals surface area contributed by atoms with E-state index < -0.39 is 5.97 Å². The number of carboxylic acid groups (broad SMARTS) is 1. The first-order valence-corrected chi connectivity index (χ1v) is 6.65.